The first-order valence-electron chi connectivity index (χ1n) is 3.57. The van der Waals surface area contributed by atoms with Crippen LogP contribution in [-0.2, 0) is 0 Å². The van der Waals surface area contributed by atoms with Crippen molar-refractivity contribution in [3.05, 3.63) is 15.6 Å². The maximum atomic E-state index is 10.5. The fourth-order valence-corrected chi connectivity index (χ4v) is 1.85. The third kappa shape index (κ3) is 1.66. The van der Waals surface area contributed by atoms with E-state index in [1.807, 2.05) is 6.92 Å². The summed E-state index contributed by atoms with van der Waals surface area (Å²) in [5.41, 5.74) is 0.613. The van der Waals surface area contributed by atoms with E-state index in [0.717, 1.165) is 16.2 Å². The van der Waals surface area contributed by atoms with E-state index < -0.39 is 0 Å². The third-order valence-corrected chi connectivity index (χ3v) is 2.71. The van der Waals surface area contributed by atoms with Gasteiger partial charge in [0, 0.05) is 4.88 Å². The Labute approximate surface area is 70.3 Å². The molecule has 0 aliphatic carbocycles. The van der Waals surface area contributed by atoms with Gasteiger partial charge in [-0.15, -0.1) is 11.3 Å². The van der Waals surface area contributed by atoms with Crippen LogP contribution in [0.15, 0.2) is 0 Å². The molecular weight excluding hydrogens is 158 g/mol. The second-order valence-corrected chi connectivity index (χ2v) is 3.99. The highest BCUT2D eigenvalue weighted by atomic mass is 32.1. The first kappa shape index (κ1) is 8.40. The zero-order valence-electron chi connectivity index (χ0n) is 6.92. The summed E-state index contributed by atoms with van der Waals surface area (Å²) in [5, 5.41) is 0.968. The van der Waals surface area contributed by atoms with Gasteiger partial charge in [-0.05, 0) is 12.8 Å². The molecule has 60 valence electrons. The lowest BCUT2D eigenvalue weighted by Crippen LogP contribution is -1.89. The second-order valence-electron chi connectivity index (χ2n) is 2.75. The van der Waals surface area contributed by atoms with E-state index in [2.05, 4.69) is 18.8 Å². The van der Waals surface area contributed by atoms with Gasteiger partial charge in [0.15, 0.2) is 6.29 Å². The molecule has 1 aromatic heterocycles. The summed E-state index contributed by atoms with van der Waals surface area (Å²) in [6.45, 7) is 6.06. The fraction of sp³-hybridized carbons (Fsp3) is 0.500. The van der Waals surface area contributed by atoms with Gasteiger partial charge in [0.25, 0.3) is 0 Å². The topological polar surface area (TPSA) is 30.0 Å². The molecule has 0 saturated carbocycles. The molecular formula is C8H11NOS. The van der Waals surface area contributed by atoms with Crippen LogP contribution in [0.3, 0.4) is 0 Å². The first-order chi connectivity index (χ1) is 5.15. The monoisotopic (exact) mass is 169 g/mol. The number of nitrogens with zero attached hydrogens (tertiary/aromatic N) is 1. The standard InChI is InChI=1S/C8H11NOS/c1-5(2)8-7(4-10)9-6(3)11-8/h4-5H,1-3H3. The molecule has 0 unspecified atom stereocenters. The average Bonchev–Trinajstić information content (AvgIpc) is 2.30. The molecule has 1 heterocycles. The smallest absolute Gasteiger partial charge is 0.169 e. The van der Waals surface area contributed by atoms with Crippen molar-refractivity contribution in [3.8, 4) is 0 Å². The number of hydrogen-bond acceptors (Lipinski definition) is 3. The van der Waals surface area contributed by atoms with Gasteiger partial charge in [-0.3, -0.25) is 4.79 Å². The minimum Gasteiger partial charge on any atom is -0.296 e. The molecule has 0 bridgehead atoms. The second kappa shape index (κ2) is 3.13. The van der Waals surface area contributed by atoms with Gasteiger partial charge in [0.05, 0.1) is 5.01 Å². The molecule has 3 heteroatoms. The van der Waals surface area contributed by atoms with Crippen molar-refractivity contribution in [1.29, 1.82) is 0 Å². The Morgan fingerprint density at radius 2 is 2.18 bits per heavy atom. The van der Waals surface area contributed by atoms with Crippen LogP contribution in [0.2, 0.25) is 0 Å². The molecule has 0 fully saturated rings. The summed E-state index contributed by atoms with van der Waals surface area (Å²) in [7, 11) is 0. The van der Waals surface area contributed by atoms with Crippen molar-refractivity contribution in [1.82, 2.24) is 4.98 Å². The number of thiazole rings is 1. The number of aromatic nitrogens is 1. The Morgan fingerprint density at radius 3 is 2.55 bits per heavy atom. The maximum absolute atomic E-state index is 10.5. The zero-order valence-corrected chi connectivity index (χ0v) is 7.73. The number of carbonyl (C=O) groups excluding carboxylic acids is 1. The number of carbonyl (C=O) groups is 1. The minimum absolute atomic E-state index is 0.404. The summed E-state index contributed by atoms with van der Waals surface area (Å²) < 4.78 is 0. The van der Waals surface area contributed by atoms with Crippen molar-refractivity contribution in [2.45, 2.75) is 26.7 Å². The highest BCUT2D eigenvalue weighted by Crippen LogP contribution is 2.24. The third-order valence-electron chi connectivity index (χ3n) is 1.42. The first-order valence-corrected chi connectivity index (χ1v) is 4.39. The van der Waals surface area contributed by atoms with Crippen molar-refractivity contribution in [2.24, 2.45) is 0 Å². The van der Waals surface area contributed by atoms with Gasteiger partial charge in [-0.1, -0.05) is 13.8 Å². The van der Waals surface area contributed by atoms with Crippen LogP contribution in [0.5, 0.6) is 0 Å². The summed E-state index contributed by atoms with van der Waals surface area (Å²) in [6, 6.07) is 0. The van der Waals surface area contributed by atoms with E-state index in [9.17, 15) is 4.79 Å². The summed E-state index contributed by atoms with van der Waals surface area (Å²) in [6.07, 6.45) is 0.832. The van der Waals surface area contributed by atoms with Crippen LogP contribution in [0.25, 0.3) is 0 Å². The Hall–Kier alpha value is -0.700. The molecule has 1 rings (SSSR count). The lowest BCUT2D eigenvalue weighted by Gasteiger charge is -1.98. The lowest BCUT2D eigenvalue weighted by atomic mass is 10.1. The quantitative estimate of drug-likeness (QED) is 0.636. The minimum atomic E-state index is 0.404. The fourth-order valence-electron chi connectivity index (χ4n) is 0.957. The van der Waals surface area contributed by atoms with Crippen LogP contribution in [0.1, 0.15) is 40.1 Å². The van der Waals surface area contributed by atoms with E-state index in [1.165, 1.54) is 0 Å². The van der Waals surface area contributed by atoms with E-state index in [4.69, 9.17) is 0 Å². The Morgan fingerprint density at radius 1 is 1.55 bits per heavy atom. The van der Waals surface area contributed by atoms with Crippen molar-refractivity contribution in [2.75, 3.05) is 0 Å². The predicted molar refractivity (Wildman–Crippen MR) is 46.3 cm³/mol. The van der Waals surface area contributed by atoms with Crippen molar-refractivity contribution in [3.63, 3.8) is 0 Å². The molecule has 0 aromatic carbocycles. The van der Waals surface area contributed by atoms with Gasteiger partial charge in [-0.2, -0.15) is 0 Å². The van der Waals surface area contributed by atoms with Crippen molar-refractivity contribution >= 4 is 17.6 Å². The summed E-state index contributed by atoms with van der Waals surface area (Å²) in [5.74, 6) is 0.404. The maximum Gasteiger partial charge on any atom is 0.169 e. The van der Waals surface area contributed by atoms with Gasteiger partial charge in [0.1, 0.15) is 5.69 Å². The van der Waals surface area contributed by atoms with E-state index in [0.29, 0.717) is 11.6 Å². The van der Waals surface area contributed by atoms with Crippen molar-refractivity contribution < 1.29 is 4.79 Å². The molecule has 11 heavy (non-hydrogen) atoms. The Kier molecular flexibility index (Phi) is 2.39. The van der Waals surface area contributed by atoms with E-state index in [-0.39, 0.29) is 0 Å². The average molecular weight is 169 g/mol. The summed E-state index contributed by atoms with van der Waals surface area (Å²) in [4.78, 5) is 15.7. The van der Waals surface area contributed by atoms with Crippen LogP contribution in [-0.4, -0.2) is 11.3 Å². The molecule has 1 aromatic rings. The molecule has 0 atom stereocenters. The van der Waals surface area contributed by atoms with Crippen LogP contribution in [0.4, 0.5) is 0 Å². The van der Waals surface area contributed by atoms with Gasteiger partial charge < -0.3 is 0 Å². The number of aryl methyl sites for hydroxylation is 1. The van der Waals surface area contributed by atoms with E-state index >= 15 is 0 Å². The molecule has 0 radical (unpaired) electrons. The number of hydrogen-bond donors (Lipinski definition) is 0. The number of rotatable bonds is 2. The van der Waals surface area contributed by atoms with E-state index in [1.54, 1.807) is 11.3 Å². The molecule has 0 saturated heterocycles. The van der Waals surface area contributed by atoms with Gasteiger partial charge >= 0.3 is 0 Å². The molecule has 0 spiro atoms. The van der Waals surface area contributed by atoms with Crippen LogP contribution < -0.4 is 0 Å². The lowest BCUT2D eigenvalue weighted by molar-refractivity contribution is 0.111. The number of aldehydes is 1. The SMILES string of the molecule is Cc1nc(C=O)c(C(C)C)s1. The molecule has 2 nitrogen and oxygen atoms in total. The molecule has 0 aliphatic heterocycles. The van der Waals surface area contributed by atoms with Gasteiger partial charge in [-0.25, -0.2) is 4.98 Å². The zero-order chi connectivity index (χ0) is 8.43. The molecule has 0 aliphatic rings. The highest BCUT2D eigenvalue weighted by molar-refractivity contribution is 7.11. The largest absolute Gasteiger partial charge is 0.296 e. The molecule has 0 N–H and O–H groups in total. The Bertz CT molecular complexity index is 265. The normalized spacial score (nSPS) is 10.5. The van der Waals surface area contributed by atoms with Crippen LogP contribution in [0, 0.1) is 6.92 Å². The highest BCUT2D eigenvalue weighted by Gasteiger charge is 2.10. The molecule has 0 amide bonds. The van der Waals surface area contributed by atoms with Crippen LogP contribution >= 0.6 is 11.3 Å². The Balaban J connectivity index is 3.11. The van der Waals surface area contributed by atoms with Gasteiger partial charge in [0.2, 0.25) is 0 Å². The summed E-state index contributed by atoms with van der Waals surface area (Å²) >= 11 is 1.60. The predicted octanol–water partition coefficient (Wildman–Crippen LogP) is 2.39.